The van der Waals surface area contributed by atoms with Crippen LogP contribution in [0.4, 0.5) is 5.82 Å². The molecule has 0 fully saturated rings. The molecule has 1 aliphatic rings. The molecule has 3 aromatic carbocycles. The molecule has 0 spiro atoms. The summed E-state index contributed by atoms with van der Waals surface area (Å²) in [5.74, 6) is 0.861. The van der Waals surface area contributed by atoms with Crippen molar-refractivity contribution in [1.29, 1.82) is 0 Å². The van der Waals surface area contributed by atoms with Crippen molar-refractivity contribution >= 4 is 34.3 Å². The molecule has 3 heterocycles. The Kier molecular flexibility index (Phi) is 6.29. The second-order valence-electron chi connectivity index (χ2n) is 9.27. The van der Waals surface area contributed by atoms with Crippen molar-refractivity contribution in [3.63, 3.8) is 0 Å². The Morgan fingerprint density at radius 3 is 2.54 bits per heavy atom. The maximum Gasteiger partial charge on any atom is 0.296 e. The molecule has 0 saturated heterocycles. The summed E-state index contributed by atoms with van der Waals surface area (Å²) >= 11 is 6.07. The number of ether oxygens (including phenoxy) is 2. The number of nitrogens with zero attached hydrogens (tertiary/aromatic N) is 2. The first-order chi connectivity index (χ1) is 18.9. The van der Waals surface area contributed by atoms with Crippen LogP contribution in [-0.2, 0) is 6.61 Å². The lowest BCUT2D eigenvalue weighted by molar-refractivity contribution is 0.0970. The number of fused-ring (bicyclic) bond motifs is 2. The van der Waals surface area contributed by atoms with Crippen LogP contribution in [0.25, 0.3) is 11.0 Å². The van der Waals surface area contributed by atoms with Gasteiger partial charge in [0.05, 0.1) is 29.1 Å². The Balaban J connectivity index is 1.49. The van der Waals surface area contributed by atoms with Crippen molar-refractivity contribution in [3.8, 4) is 11.5 Å². The van der Waals surface area contributed by atoms with Crippen molar-refractivity contribution in [3.05, 3.63) is 128 Å². The first kappa shape index (κ1) is 24.7. The third-order valence-electron chi connectivity index (χ3n) is 6.72. The number of methoxy groups -OCH3 is 1. The summed E-state index contributed by atoms with van der Waals surface area (Å²) in [6.07, 6.45) is 1.46. The van der Waals surface area contributed by atoms with Crippen molar-refractivity contribution in [2.24, 2.45) is 0 Å². The second kappa shape index (κ2) is 9.93. The summed E-state index contributed by atoms with van der Waals surface area (Å²) in [6.45, 7) is 2.26. The van der Waals surface area contributed by atoms with Crippen molar-refractivity contribution < 1.29 is 18.7 Å². The molecule has 7 nitrogen and oxygen atoms in total. The SMILES string of the molecule is COc1cc(C2c3c(oc4ccc(C)cc4c3=O)C(=O)N2c2ccc(Cl)cn2)ccc1OCc1ccccc1. The minimum absolute atomic E-state index is 0.0125. The number of hydrogen-bond acceptors (Lipinski definition) is 6. The third-order valence-corrected chi connectivity index (χ3v) is 6.95. The molecule has 194 valence electrons. The molecule has 0 bridgehead atoms. The highest BCUT2D eigenvalue weighted by molar-refractivity contribution is 6.30. The summed E-state index contributed by atoms with van der Waals surface area (Å²) in [7, 11) is 1.55. The van der Waals surface area contributed by atoms with E-state index in [1.807, 2.05) is 49.4 Å². The van der Waals surface area contributed by atoms with E-state index in [4.69, 9.17) is 25.5 Å². The fraction of sp³-hybridized carbons (Fsp3) is 0.129. The van der Waals surface area contributed by atoms with E-state index in [1.165, 1.54) is 11.1 Å². The summed E-state index contributed by atoms with van der Waals surface area (Å²) in [6, 6.07) is 23.0. The van der Waals surface area contributed by atoms with Gasteiger partial charge in [0.25, 0.3) is 5.91 Å². The fourth-order valence-electron chi connectivity index (χ4n) is 4.86. The number of carbonyl (C=O) groups is 1. The topological polar surface area (TPSA) is 81.9 Å². The highest BCUT2D eigenvalue weighted by Gasteiger charge is 2.44. The highest BCUT2D eigenvalue weighted by Crippen LogP contribution is 2.43. The Morgan fingerprint density at radius 2 is 1.79 bits per heavy atom. The van der Waals surface area contributed by atoms with Gasteiger partial charge in [0, 0.05) is 6.20 Å². The van der Waals surface area contributed by atoms with E-state index in [2.05, 4.69) is 4.98 Å². The molecule has 0 radical (unpaired) electrons. The molecular formula is C31H23ClN2O5. The van der Waals surface area contributed by atoms with E-state index in [0.717, 1.165) is 11.1 Å². The zero-order valence-corrected chi connectivity index (χ0v) is 21.9. The number of halogens is 1. The van der Waals surface area contributed by atoms with E-state index in [0.29, 0.717) is 45.5 Å². The first-order valence-electron chi connectivity index (χ1n) is 12.3. The van der Waals surface area contributed by atoms with Crippen molar-refractivity contribution in [1.82, 2.24) is 4.98 Å². The quantitative estimate of drug-likeness (QED) is 0.246. The Labute approximate surface area is 229 Å². The lowest BCUT2D eigenvalue weighted by Crippen LogP contribution is -2.30. The number of benzene rings is 3. The van der Waals surface area contributed by atoms with Crippen molar-refractivity contribution in [2.45, 2.75) is 19.6 Å². The zero-order chi connectivity index (χ0) is 27.1. The van der Waals surface area contributed by atoms with Gasteiger partial charge >= 0.3 is 0 Å². The van der Waals surface area contributed by atoms with Gasteiger partial charge in [-0.1, -0.05) is 59.6 Å². The maximum absolute atomic E-state index is 13.9. The monoisotopic (exact) mass is 538 g/mol. The van der Waals surface area contributed by atoms with Crippen LogP contribution in [0.2, 0.25) is 5.02 Å². The van der Waals surface area contributed by atoms with Crippen LogP contribution in [0.15, 0.2) is 94.3 Å². The van der Waals surface area contributed by atoms with Crippen LogP contribution in [0.1, 0.15) is 38.9 Å². The summed E-state index contributed by atoms with van der Waals surface area (Å²) in [5, 5.41) is 0.837. The Hall–Kier alpha value is -4.62. The summed E-state index contributed by atoms with van der Waals surface area (Å²) in [5.41, 5.74) is 2.89. The predicted octanol–water partition coefficient (Wildman–Crippen LogP) is 6.49. The number of hydrogen-bond donors (Lipinski definition) is 0. The number of aryl methyl sites for hydroxylation is 1. The molecular weight excluding hydrogens is 516 g/mol. The molecule has 0 saturated carbocycles. The Bertz CT molecular complexity index is 1770. The Morgan fingerprint density at radius 1 is 0.974 bits per heavy atom. The fourth-order valence-corrected chi connectivity index (χ4v) is 4.97. The number of amides is 1. The highest BCUT2D eigenvalue weighted by atomic mass is 35.5. The molecule has 6 rings (SSSR count). The minimum atomic E-state index is -0.806. The zero-order valence-electron chi connectivity index (χ0n) is 21.2. The number of carbonyl (C=O) groups excluding carboxylic acids is 1. The lowest BCUT2D eigenvalue weighted by atomic mass is 9.97. The smallest absolute Gasteiger partial charge is 0.296 e. The van der Waals surface area contributed by atoms with E-state index < -0.39 is 11.9 Å². The van der Waals surface area contributed by atoms with Gasteiger partial charge in [-0.25, -0.2) is 4.98 Å². The molecule has 8 heteroatoms. The second-order valence-corrected chi connectivity index (χ2v) is 9.71. The summed E-state index contributed by atoms with van der Waals surface area (Å²) in [4.78, 5) is 33.5. The van der Waals surface area contributed by atoms with Gasteiger partial charge in [-0.15, -0.1) is 0 Å². The van der Waals surface area contributed by atoms with E-state index in [-0.39, 0.29) is 16.8 Å². The normalized spacial score (nSPS) is 14.5. The molecule has 1 unspecified atom stereocenters. The van der Waals surface area contributed by atoms with Gasteiger partial charge < -0.3 is 13.9 Å². The number of aromatic nitrogens is 1. The molecule has 5 aromatic rings. The van der Waals surface area contributed by atoms with Gasteiger partial charge in [0.2, 0.25) is 5.76 Å². The van der Waals surface area contributed by atoms with Gasteiger partial charge in [0.1, 0.15) is 18.0 Å². The molecule has 0 aliphatic carbocycles. The average molecular weight is 539 g/mol. The number of pyridine rings is 1. The molecule has 39 heavy (non-hydrogen) atoms. The number of rotatable bonds is 6. The van der Waals surface area contributed by atoms with E-state index in [1.54, 1.807) is 43.5 Å². The van der Waals surface area contributed by atoms with Gasteiger partial charge in [0.15, 0.2) is 16.9 Å². The first-order valence-corrected chi connectivity index (χ1v) is 12.7. The average Bonchev–Trinajstić information content (AvgIpc) is 3.25. The summed E-state index contributed by atoms with van der Waals surface area (Å²) < 4.78 is 17.7. The molecule has 2 aromatic heterocycles. The van der Waals surface area contributed by atoms with Crippen LogP contribution < -0.4 is 19.8 Å². The molecule has 0 N–H and O–H groups in total. The minimum Gasteiger partial charge on any atom is -0.493 e. The van der Waals surface area contributed by atoms with E-state index in [9.17, 15) is 9.59 Å². The number of anilines is 1. The molecule has 1 aliphatic heterocycles. The molecule has 1 amide bonds. The lowest BCUT2D eigenvalue weighted by Gasteiger charge is -2.25. The van der Waals surface area contributed by atoms with Crippen LogP contribution in [0.5, 0.6) is 11.5 Å². The largest absolute Gasteiger partial charge is 0.493 e. The van der Waals surface area contributed by atoms with Gasteiger partial charge in [-0.05, 0) is 54.4 Å². The van der Waals surface area contributed by atoms with Gasteiger partial charge in [-0.3, -0.25) is 14.5 Å². The van der Waals surface area contributed by atoms with Crippen LogP contribution in [-0.4, -0.2) is 18.0 Å². The third kappa shape index (κ3) is 4.41. The van der Waals surface area contributed by atoms with Gasteiger partial charge in [-0.2, -0.15) is 0 Å². The molecule has 1 atom stereocenters. The maximum atomic E-state index is 13.9. The van der Waals surface area contributed by atoms with E-state index >= 15 is 0 Å². The standard InChI is InChI=1S/C31H23ClN2O5/c1-18-8-11-23-22(14-18)29(35)27-28(34(31(36)30(27)39-23)26-13-10-21(32)16-33-26)20-9-12-24(25(15-20)37-2)38-17-19-6-4-3-5-7-19/h3-16,28H,17H2,1-2H3. The van der Waals surface area contributed by atoms with Crippen LogP contribution in [0.3, 0.4) is 0 Å². The predicted molar refractivity (Wildman–Crippen MR) is 149 cm³/mol. The van der Waals surface area contributed by atoms with Crippen molar-refractivity contribution in [2.75, 3.05) is 12.0 Å². The van der Waals surface area contributed by atoms with Crippen LogP contribution in [0, 0.1) is 6.92 Å². The van der Waals surface area contributed by atoms with Crippen LogP contribution >= 0.6 is 11.6 Å².